The van der Waals surface area contributed by atoms with E-state index in [1.807, 2.05) is 6.07 Å². The minimum atomic E-state index is -1.01. The number of nitrogens with zero attached hydrogens (tertiary/aromatic N) is 2. The fourth-order valence-electron chi connectivity index (χ4n) is 3.03. The number of carboxylic acids is 1. The fraction of sp³-hybridized carbons (Fsp3) is 0.471. The molecule has 1 amide bonds. The first kappa shape index (κ1) is 19.4. The number of ether oxygens (including phenoxy) is 1. The molecule has 0 spiro atoms. The SMILES string of the molecule is Cl.O=C(O)/C=C/c1cc2c(cn1)NC(=O)C(CCN1CCOCC1)C2. The molecule has 3 rings (SSSR count). The van der Waals surface area contributed by atoms with Gasteiger partial charge in [-0.3, -0.25) is 14.7 Å². The lowest BCUT2D eigenvalue weighted by atomic mass is 9.91. The zero-order chi connectivity index (χ0) is 16.9. The number of carbonyl (C=O) groups is 2. The molecule has 7 nitrogen and oxygen atoms in total. The van der Waals surface area contributed by atoms with E-state index < -0.39 is 5.97 Å². The van der Waals surface area contributed by atoms with E-state index in [4.69, 9.17) is 9.84 Å². The molecule has 1 aromatic heterocycles. The number of anilines is 1. The minimum absolute atomic E-state index is 0. The van der Waals surface area contributed by atoms with Gasteiger partial charge in [-0.2, -0.15) is 0 Å². The van der Waals surface area contributed by atoms with Crippen LogP contribution in [0.25, 0.3) is 6.08 Å². The Morgan fingerprint density at radius 1 is 1.44 bits per heavy atom. The predicted octanol–water partition coefficient (Wildman–Crippen LogP) is 1.43. The van der Waals surface area contributed by atoms with Gasteiger partial charge in [0.2, 0.25) is 5.91 Å². The van der Waals surface area contributed by atoms with Gasteiger partial charge in [0.15, 0.2) is 0 Å². The molecule has 0 radical (unpaired) electrons. The molecular formula is C17H22ClN3O4. The number of hydrogen-bond acceptors (Lipinski definition) is 5. The van der Waals surface area contributed by atoms with Crippen LogP contribution in [0.4, 0.5) is 5.69 Å². The smallest absolute Gasteiger partial charge is 0.328 e. The summed E-state index contributed by atoms with van der Waals surface area (Å²) >= 11 is 0. The molecule has 2 N–H and O–H groups in total. The van der Waals surface area contributed by atoms with Crippen molar-refractivity contribution in [1.82, 2.24) is 9.88 Å². The van der Waals surface area contributed by atoms with Gasteiger partial charge in [0.1, 0.15) is 0 Å². The number of aliphatic carboxylic acids is 1. The Balaban J connectivity index is 0.00000225. The van der Waals surface area contributed by atoms with Gasteiger partial charge in [0.25, 0.3) is 0 Å². The molecule has 1 unspecified atom stereocenters. The van der Waals surface area contributed by atoms with Gasteiger partial charge in [-0.1, -0.05) is 0 Å². The van der Waals surface area contributed by atoms with Crippen molar-refractivity contribution in [2.45, 2.75) is 12.8 Å². The Hall–Kier alpha value is -1.96. The van der Waals surface area contributed by atoms with Crippen LogP contribution in [-0.2, 0) is 20.7 Å². The number of amides is 1. The molecule has 1 fully saturated rings. The number of pyridine rings is 1. The van der Waals surface area contributed by atoms with E-state index in [0.29, 0.717) is 12.1 Å². The standard InChI is InChI=1S/C17H21N3O4.ClH/c21-16(22)2-1-14-10-13-9-12(17(23)19-15(13)11-18-14)3-4-20-5-7-24-8-6-20;/h1-2,10-12H,3-9H2,(H,19,23)(H,21,22);1H/b2-1+;. The van der Waals surface area contributed by atoms with E-state index in [1.165, 1.54) is 6.08 Å². The van der Waals surface area contributed by atoms with Crippen LogP contribution in [0, 0.1) is 5.92 Å². The maximum Gasteiger partial charge on any atom is 0.328 e. The molecule has 2 aliphatic heterocycles. The quantitative estimate of drug-likeness (QED) is 0.765. The lowest BCUT2D eigenvalue weighted by Crippen LogP contribution is -2.39. The second-order valence-corrected chi connectivity index (χ2v) is 6.07. The van der Waals surface area contributed by atoms with Crippen LogP contribution >= 0.6 is 12.4 Å². The molecule has 1 saturated heterocycles. The second-order valence-electron chi connectivity index (χ2n) is 6.07. The van der Waals surface area contributed by atoms with Gasteiger partial charge in [-0.05, 0) is 37.1 Å². The summed E-state index contributed by atoms with van der Waals surface area (Å²) in [4.78, 5) is 29.3. The molecule has 2 aliphatic rings. The van der Waals surface area contributed by atoms with Gasteiger partial charge < -0.3 is 15.2 Å². The van der Waals surface area contributed by atoms with Crippen LogP contribution in [0.15, 0.2) is 18.3 Å². The summed E-state index contributed by atoms with van der Waals surface area (Å²) in [6, 6.07) is 1.84. The first-order chi connectivity index (χ1) is 11.6. The number of aromatic nitrogens is 1. The second kappa shape index (κ2) is 8.94. The first-order valence-electron chi connectivity index (χ1n) is 8.13. The van der Waals surface area contributed by atoms with Crippen LogP contribution in [0.5, 0.6) is 0 Å². The molecule has 1 aromatic rings. The normalized spacial score (nSPS) is 20.6. The van der Waals surface area contributed by atoms with E-state index in [2.05, 4.69) is 15.2 Å². The van der Waals surface area contributed by atoms with Crippen LogP contribution < -0.4 is 5.32 Å². The molecule has 8 heteroatoms. The third kappa shape index (κ3) is 5.26. The van der Waals surface area contributed by atoms with Crippen molar-refractivity contribution in [3.63, 3.8) is 0 Å². The van der Waals surface area contributed by atoms with Crippen molar-refractivity contribution in [1.29, 1.82) is 0 Å². The third-order valence-corrected chi connectivity index (χ3v) is 4.40. The van der Waals surface area contributed by atoms with Crippen molar-refractivity contribution in [2.75, 3.05) is 38.2 Å². The van der Waals surface area contributed by atoms with Gasteiger partial charge in [0, 0.05) is 25.1 Å². The zero-order valence-corrected chi connectivity index (χ0v) is 14.6. The summed E-state index contributed by atoms with van der Waals surface area (Å²) < 4.78 is 5.34. The Kier molecular flexibility index (Phi) is 6.92. The van der Waals surface area contributed by atoms with Crippen LogP contribution in [0.2, 0.25) is 0 Å². The third-order valence-electron chi connectivity index (χ3n) is 4.40. The molecule has 0 bridgehead atoms. The van der Waals surface area contributed by atoms with E-state index in [9.17, 15) is 9.59 Å². The number of carboxylic acid groups (broad SMARTS) is 1. The monoisotopic (exact) mass is 367 g/mol. The van der Waals surface area contributed by atoms with E-state index in [0.717, 1.165) is 56.6 Å². The summed E-state index contributed by atoms with van der Waals surface area (Å²) in [5, 5.41) is 11.6. The van der Waals surface area contributed by atoms with Crippen LogP contribution in [0.3, 0.4) is 0 Å². The lowest BCUT2D eigenvalue weighted by molar-refractivity contribution is -0.131. The van der Waals surface area contributed by atoms with Crippen LogP contribution in [0.1, 0.15) is 17.7 Å². The Bertz CT molecular complexity index is 659. The molecule has 0 aromatic carbocycles. The maximum absolute atomic E-state index is 12.3. The zero-order valence-electron chi connectivity index (χ0n) is 13.8. The largest absolute Gasteiger partial charge is 0.478 e. The summed E-state index contributed by atoms with van der Waals surface area (Å²) in [5.41, 5.74) is 2.30. The lowest BCUT2D eigenvalue weighted by Gasteiger charge is -2.30. The summed E-state index contributed by atoms with van der Waals surface area (Å²) in [7, 11) is 0. The number of morpholine rings is 1. The summed E-state index contributed by atoms with van der Waals surface area (Å²) in [5.74, 6) is -1.04. The molecule has 25 heavy (non-hydrogen) atoms. The number of fused-ring (bicyclic) bond motifs is 1. The Labute approximate surface area is 152 Å². The van der Waals surface area contributed by atoms with Crippen molar-refractivity contribution in [3.05, 3.63) is 29.6 Å². The number of hydrogen-bond donors (Lipinski definition) is 2. The molecule has 1 atom stereocenters. The van der Waals surface area contributed by atoms with Gasteiger partial charge >= 0.3 is 5.97 Å². The highest BCUT2D eigenvalue weighted by molar-refractivity contribution is 5.95. The highest BCUT2D eigenvalue weighted by Gasteiger charge is 2.27. The highest BCUT2D eigenvalue weighted by Crippen LogP contribution is 2.27. The number of carbonyl (C=O) groups excluding carboxylic acids is 1. The minimum Gasteiger partial charge on any atom is -0.478 e. The molecule has 0 saturated carbocycles. The van der Waals surface area contributed by atoms with Crippen molar-refractivity contribution < 1.29 is 19.4 Å². The van der Waals surface area contributed by atoms with Crippen LogP contribution in [-0.4, -0.2) is 59.7 Å². The molecule has 136 valence electrons. The first-order valence-corrected chi connectivity index (χ1v) is 8.13. The Morgan fingerprint density at radius 2 is 2.20 bits per heavy atom. The fourth-order valence-corrected chi connectivity index (χ4v) is 3.03. The van der Waals surface area contributed by atoms with Gasteiger partial charge in [0.05, 0.1) is 30.8 Å². The number of rotatable bonds is 5. The number of nitrogens with one attached hydrogen (secondary N) is 1. The molecule has 3 heterocycles. The van der Waals surface area contributed by atoms with E-state index in [-0.39, 0.29) is 24.2 Å². The average molecular weight is 368 g/mol. The summed E-state index contributed by atoms with van der Waals surface area (Å²) in [6.45, 7) is 4.22. The van der Waals surface area contributed by atoms with Gasteiger partial charge in [-0.15, -0.1) is 12.4 Å². The van der Waals surface area contributed by atoms with Crippen molar-refractivity contribution >= 4 is 36.0 Å². The number of halogens is 1. The highest BCUT2D eigenvalue weighted by atomic mass is 35.5. The van der Waals surface area contributed by atoms with Crippen molar-refractivity contribution in [2.24, 2.45) is 5.92 Å². The Morgan fingerprint density at radius 3 is 2.92 bits per heavy atom. The van der Waals surface area contributed by atoms with Gasteiger partial charge in [-0.25, -0.2) is 4.79 Å². The summed E-state index contributed by atoms with van der Waals surface area (Å²) in [6.07, 6.45) is 5.57. The van der Waals surface area contributed by atoms with E-state index in [1.54, 1.807) is 6.20 Å². The molecule has 0 aliphatic carbocycles. The van der Waals surface area contributed by atoms with Crippen molar-refractivity contribution in [3.8, 4) is 0 Å². The van der Waals surface area contributed by atoms with E-state index >= 15 is 0 Å². The predicted molar refractivity (Wildman–Crippen MR) is 95.9 cm³/mol. The maximum atomic E-state index is 12.3. The molecular weight excluding hydrogens is 346 g/mol. The average Bonchev–Trinajstić information content (AvgIpc) is 2.59. The topological polar surface area (TPSA) is 91.8 Å².